The molecule has 0 saturated heterocycles. The molecule has 0 aliphatic carbocycles. The summed E-state index contributed by atoms with van der Waals surface area (Å²) in [7, 11) is 0. The molecule has 0 aliphatic heterocycles. The molecule has 1 aromatic heterocycles. The molecule has 6 heteroatoms. The Balaban J connectivity index is 2.31. The summed E-state index contributed by atoms with van der Waals surface area (Å²) in [5.41, 5.74) is 1.10. The van der Waals surface area contributed by atoms with E-state index in [1.165, 1.54) is 12.1 Å². The van der Waals surface area contributed by atoms with Crippen molar-refractivity contribution in [1.29, 1.82) is 0 Å². The van der Waals surface area contributed by atoms with Crippen molar-refractivity contribution in [3.63, 3.8) is 0 Å². The second-order valence-corrected chi connectivity index (χ2v) is 4.38. The summed E-state index contributed by atoms with van der Waals surface area (Å²) in [6, 6.07) is 7.88. The van der Waals surface area contributed by atoms with Crippen LogP contribution < -0.4 is 4.74 Å². The molecule has 0 radical (unpaired) electrons. The number of nitrogens with zero attached hydrogens (tertiary/aromatic N) is 2. The molecule has 0 spiro atoms. The molecule has 0 saturated carbocycles. The van der Waals surface area contributed by atoms with Gasteiger partial charge in [-0.15, -0.1) is 0 Å². The van der Waals surface area contributed by atoms with Gasteiger partial charge in [-0.1, -0.05) is 0 Å². The molecule has 2 aromatic rings. The predicted octanol–water partition coefficient (Wildman–Crippen LogP) is 3.14. The minimum atomic E-state index is -0.710. The van der Waals surface area contributed by atoms with E-state index in [-0.39, 0.29) is 11.6 Å². The highest BCUT2D eigenvalue weighted by Gasteiger charge is 2.14. The van der Waals surface area contributed by atoms with Crippen molar-refractivity contribution in [3.05, 3.63) is 57.8 Å². The van der Waals surface area contributed by atoms with E-state index in [1.54, 1.807) is 38.2 Å². The Labute approximate surface area is 115 Å². The molecule has 20 heavy (non-hydrogen) atoms. The van der Waals surface area contributed by atoms with Gasteiger partial charge in [0, 0.05) is 23.4 Å². The Kier molecular flexibility index (Phi) is 3.95. The van der Waals surface area contributed by atoms with Crippen LogP contribution in [-0.4, -0.2) is 15.0 Å². The highest BCUT2D eigenvalue weighted by molar-refractivity contribution is 5.45. The Morgan fingerprint density at radius 2 is 2.15 bits per heavy atom. The van der Waals surface area contributed by atoms with Crippen LogP contribution in [0.3, 0.4) is 0 Å². The lowest BCUT2D eigenvalue weighted by Gasteiger charge is -2.11. The van der Waals surface area contributed by atoms with Gasteiger partial charge in [0.2, 0.25) is 5.88 Å². The smallest absolute Gasteiger partial charge is 0.272 e. The molecule has 1 atom stereocenters. The molecule has 2 rings (SSSR count). The number of aryl methyl sites for hydroxylation is 1. The summed E-state index contributed by atoms with van der Waals surface area (Å²) in [6.45, 7) is 3.25. The number of ether oxygens (including phenoxy) is 1. The van der Waals surface area contributed by atoms with Crippen LogP contribution >= 0.6 is 0 Å². The molecule has 0 aliphatic rings. The van der Waals surface area contributed by atoms with Crippen LogP contribution in [0.25, 0.3) is 0 Å². The molecule has 0 fully saturated rings. The van der Waals surface area contributed by atoms with Gasteiger partial charge in [-0.25, -0.2) is 4.98 Å². The van der Waals surface area contributed by atoms with Crippen molar-refractivity contribution in [2.75, 3.05) is 0 Å². The van der Waals surface area contributed by atoms with Gasteiger partial charge in [0.25, 0.3) is 5.69 Å². The first-order valence-electron chi connectivity index (χ1n) is 6.05. The first-order chi connectivity index (χ1) is 9.49. The number of pyridine rings is 1. The number of nitro benzene ring substituents is 1. The van der Waals surface area contributed by atoms with Crippen molar-refractivity contribution in [1.82, 2.24) is 4.98 Å². The van der Waals surface area contributed by atoms with Crippen molar-refractivity contribution < 1.29 is 14.8 Å². The lowest BCUT2D eigenvalue weighted by molar-refractivity contribution is -0.385. The van der Waals surface area contributed by atoms with E-state index in [0.29, 0.717) is 16.9 Å². The van der Waals surface area contributed by atoms with Crippen LogP contribution in [0.4, 0.5) is 5.69 Å². The van der Waals surface area contributed by atoms with Crippen molar-refractivity contribution in [3.8, 4) is 11.6 Å². The zero-order chi connectivity index (χ0) is 14.7. The fraction of sp³-hybridized carbons (Fsp3) is 0.214. The van der Waals surface area contributed by atoms with Crippen LogP contribution in [0.1, 0.15) is 24.2 Å². The van der Waals surface area contributed by atoms with E-state index in [2.05, 4.69) is 4.98 Å². The molecular formula is C14H14N2O4. The van der Waals surface area contributed by atoms with Crippen LogP contribution in [-0.2, 0) is 0 Å². The number of aliphatic hydroxyl groups excluding tert-OH is 1. The Morgan fingerprint density at radius 1 is 1.40 bits per heavy atom. The van der Waals surface area contributed by atoms with Crippen molar-refractivity contribution in [2.24, 2.45) is 0 Å². The Morgan fingerprint density at radius 3 is 2.75 bits per heavy atom. The van der Waals surface area contributed by atoms with Crippen molar-refractivity contribution >= 4 is 5.69 Å². The molecular weight excluding hydrogens is 260 g/mol. The van der Waals surface area contributed by atoms with E-state index >= 15 is 0 Å². The first kappa shape index (κ1) is 14.0. The maximum absolute atomic E-state index is 10.8. The Hall–Kier alpha value is -2.47. The number of benzene rings is 1. The molecule has 1 aromatic carbocycles. The van der Waals surface area contributed by atoms with Crippen LogP contribution in [0, 0.1) is 17.0 Å². The fourth-order valence-electron chi connectivity index (χ4n) is 1.81. The number of hydrogen-bond donors (Lipinski definition) is 1. The normalized spacial score (nSPS) is 11.9. The van der Waals surface area contributed by atoms with Crippen LogP contribution in [0.5, 0.6) is 11.6 Å². The van der Waals surface area contributed by atoms with Gasteiger partial charge in [-0.05, 0) is 38.1 Å². The SMILES string of the molecule is Cc1cc(Oc2ncccc2[C@@H](C)O)ccc1[N+](=O)[O-]. The first-order valence-corrected chi connectivity index (χ1v) is 6.05. The second-order valence-electron chi connectivity index (χ2n) is 4.38. The van der Waals surface area contributed by atoms with Crippen LogP contribution in [0.2, 0.25) is 0 Å². The summed E-state index contributed by atoms with van der Waals surface area (Å²) in [5, 5.41) is 20.4. The van der Waals surface area contributed by atoms with E-state index in [1.807, 2.05) is 0 Å². The quantitative estimate of drug-likeness (QED) is 0.683. The van der Waals surface area contributed by atoms with Gasteiger partial charge in [-0.2, -0.15) is 0 Å². The standard InChI is InChI=1S/C14H14N2O4/c1-9-8-11(5-6-13(9)16(18)19)20-14-12(10(2)17)4-3-7-15-14/h3-8,10,17H,1-2H3/t10-/m1/s1. The molecule has 104 valence electrons. The topological polar surface area (TPSA) is 85.5 Å². The third kappa shape index (κ3) is 2.92. The number of aromatic nitrogens is 1. The lowest BCUT2D eigenvalue weighted by Crippen LogP contribution is -1.98. The lowest BCUT2D eigenvalue weighted by atomic mass is 10.1. The average Bonchev–Trinajstić information content (AvgIpc) is 2.38. The summed E-state index contributed by atoms with van der Waals surface area (Å²) >= 11 is 0. The summed E-state index contributed by atoms with van der Waals surface area (Å²) in [5.74, 6) is 0.726. The van der Waals surface area contributed by atoms with Gasteiger partial charge < -0.3 is 9.84 Å². The largest absolute Gasteiger partial charge is 0.439 e. The zero-order valence-corrected chi connectivity index (χ0v) is 11.1. The van der Waals surface area contributed by atoms with Gasteiger partial charge in [0.05, 0.1) is 11.0 Å². The van der Waals surface area contributed by atoms with Crippen LogP contribution in [0.15, 0.2) is 36.5 Å². The molecule has 0 amide bonds. The number of aliphatic hydroxyl groups is 1. The number of rotatable bonds is 4. The van der Waals surface area contributed by atoms with E-state index in [0.717, 1.165) is 0 Å². The molecule has 0 unspecified atom stereocenters. The van der Waals surface area contributed by atoms with E-state index in [4.69, 9.17) is 4.74 Å². The minimum absolute atomic E-state index is 0.0362. The average molecular weight is 274 g/mol. The third-order valence-electron chi connectivity index (χ3n) is 2.83. The number of hydrogen-bond acceptors (Lipinski definition) is 5. The van der Waals surface area contributed by atoms with Crippen molar-refractivity contribution in [2.45, 2.75) is 20.0 Å². The summed E-state index contributed by atoms with van der Waals surface area (Å²) in [4.78, 5) is 14.4. The Bertz CT molecular complexity index is 641. The molecule has 1 heterocycles. The fourth-order valence-corrected chi connectivity index (χ4v) is 1.81. The van der Waals surface area contributed by atoms with Gasteiger partial charge in [0.15, 0.2) is 0 Å². The maximum Gasteiger partial charge on any atom is 0.272 e. The van der Waals surface area contributed by atoms with E-state index in [9.17, 15) is 15.2 Å². The molecule has 6 nitrogen and oxygen atoms in total. The highest BCUT2D eigenvalue weighted by Crippen LogP contribution is 2.29. The zero-order valence-electron chi connectivity index (χ0n) is 11.1. The summed E-state index contributed by atoms with van der Waals surface area (Å²) < 4.78 is 5.59. The van der Waals surface area contributed by atoms with E-state index < -0.39 is 11.0 Å². The van der Waals surface area contributed by atoms with Gasteiger partial charge in [-0.3, -0.25) is 10.1 Å². The summed E-state index contributed by atoms with van der Waals surface area (Å²) in [6.07, 6.45) is 0.845. The monoisotopic (exact) mass is 274 g/mol. The third-order valence-corrected chi connectivity index (χ3v) is 2.83. The molecule has 1 N–H and O–H groups in total. The molecule has 0 bridgehead atoms. The minimum Gasteiger partial charge on any atom is -0.439 e. The predicted molar refractivity (Wildman–Crippen MR) is 72.8 cm³/mol. The second kappa shape index (κ2) is 5.66. The highest BCUT2D eigenvalue weighted by atomic mass is 16.6. The van der Waals surface area contributed by atoms with Gasteiger partial charge in [0.1, 0.15) is 5.75 Å². The maximum atomic E-state index is 10.8. The van der Waals surface area contributed by atoms with Gasteiger partial charge >= 0.3 is 0 Å². The number of nitro groups is 1.